The number of hydrogen-bond donors (Lipinski definition) is 2. The molecule has 0 spiro atoms. The Bertz CT molecular complexity index is 731. The summed E-state index contributed by atoms with van der Waals surface area (Å²) in [6, 6.07) is 16.2. The zero-order valence-electron chi connectivity index (χ0n) is 13.9. The van der Waals surface area contributed by atoms with Crippen molar-refractivity contribution in [1.82, 2.24) is 10.8 Å². The Morgan fingerprint density at radius 3 is 2.56 bits per heavy atom. The van der Waals surface area contributed by atoms with Crippen molar-refractivity contribution in [3.63, 3.8) is 0 Å². The summed E-state index contributed by atoms with van der Waals surface area (Å²) in [4.78, 5) is 29.6. The summed E-state index contributed by atoms with van der Waals surface area (Å²) in [6.07, 6.45) is 0.395. The van der Waals surface area contributed by atoms with E-state index in [1.54, 1.807) is 19.2 Å². The molecule has 2 aromatic carbocycles. The number of benzene rings is 2. The minimum absolute atomic E-state index is 0.159. The molecule has 1 heterocycles. The molecule has 0 radical (unpaired) electrons. The normalized spacial score (nSPS) is 19.3. The van der Waals surface area contributed by atoms with Crippen molar-refractivity contribution in [3.05, 3.63) is 65.7 Å². The van der Waals surface area contributed by atoms with E-state index in [0.717, 1.165) is 16.9 Å². The van der Waals surface area contributed by atoms with Crippen molar-refractivity contribution >= 4 is 11.8 Å². The van der Waals surface area contributed by atoms with Gasteiger partial charge in [-0.3, -0.25) is 14.4 Å². The highest BCUT2D eigenvalue weighted by atomic mass is 16.6. The highest BCUT2D eigenvalue weighted by Crippen LogP contribution is 2.28. The Kier molecular flexibility index (Phi) is 5.30. The maximum atomic E-state index is 12.2. The van der Waals surface area contributed by atoms with Gasteiger partial charge in [-0.1, -0.05) is 42.5 Å². The first-order valence-electron chi connectivity index (χ1n) is 8.07. The van der Waals surface area contributed by atoms with Crippen molar-refractivity contribution in [2.75, 3.05) is 7.11 Å². The van der Waals surface area contributed by atoms with Gasteiger partial charge in [0.25, 0.3) is 5.91 Å². The molecule has 0 saturated carbocycles. The zero-order chi connectivity index (χ0) is 17.6. The quantitative estimate of drug-likeness (QED) is 0.788. The van der Waals surface area contributed by atoms with Crippen LogP contribution in [0.4, 0.5) is 0 Å². The third-order valence-electron chi connectivity index (χ3n) is 4.19. The van der Waals surface area contributed by atoms with Crippen LogP contribution in [0.25, 0.3) is 0 Å². The van der Waals surface area contributed by atoms with Gasteiger partial charge in [-0.2, -0.15) is 0 Å². The monoisotopic (exact) mass is 340 g/mol. The molecule has 2 N–H and O–H groups in total. The maximum Gasteiger partial charge on any atom is 0.266 e. The number of methoxy groups -OCH3 is 1. The van der Waals surface area contributed by atoms with Crippen molar-refractivity contribution in [2.24, 2.45) is 0 Å². The number of carbonyl (C=O) groups is 2. The maximum absolute atomic E-state index is 12.2. The van der Waals surface area contributed by atoms with E-state index in [1.807, 2.05) is 42.5 Å². The molecule has 130 valence electrons. The van der Waals surface area contributed by atoms with E-state index in [-0.39, 0.29) is 24.3 Å². The van der Waals surface area contributed by atoms with E-state index in [2.05, 4.69) is 10.8 Å². The Morgan fingerprint density at radius 2 is 1.88 bits per heavy atom. The summed E-state index contributed by atoms with van der Waals surface area (Å²) < 4.78 is 5.12. The predicted molar refractivity (Wildman–Crippen MR) is 91.7 cm³/mol. The van der Waals surface area contributed by atoms with E-state index >= 15 is 0 Å². The number of rotatable bonds is 6. The van der Waals surface area contributed by atoms with Gasteiger partial charge >= 0.3 is 0 Å². The third-order valence-corrected chi connectivity index (χ3v) is 4.19. The van der Waals surface area contributed by atoms with Gasteiger partial charge in [-0.15, -0.1) is 0 Å². The van der Waals surface area contributed by atoms with E-state index in [0.29, 0.717) is 6.42 Å². The molecule has 1 aliphatic heterocycles. The molecule has 1 saturated heterocycles. The third kappa shape index (κ3) is 4.16. The van der Waals surface area contributed by atoms with Crippen LogP contribution in [-0.2, 0) is 21.0 Å². The van der Waals surface area contributed by atoms with Crippen molar-refractivity contribution in [2.45, 2.75) is 25.0 Å². The molecule has 0 aliphatic carbocycles. The molecule has 0 bridgehead atoms. The first-order valence-corrected chi connectivity index (χ1v) is 8.07. The van der Waals surface area contributed by atoms with Gasteiger partial charge in [0.2, 0.25) is 5.91 Å². The lowest BCUT2D eigenvalue weighted by Gasteiger charge is -2.11. The van der Waals surface area contributed by atoms with Gasteiger partial charge in [-0.25, -0.2) is 5.48 Å². The summed E-state index contributed by atoms with van der Waals surface area (Å²) in [6.45, 7) is 0.273. The zero-order valence-corrected chi connectivity index (χ0v) is 13.9. The fourth-order valence-corrected chi connectivity index (χ4v) is 2.81. The molecule has 2 amide bonds. The molecule has 0 unspecified atom stereocenters. The Morgan fingerprint density at radius 1 is 1.16 bits per heavy atom. The number of nitrogens with one attached hydrogen (secondary N) is 2. The highest BCUT2D eigenvalue weighted by Gasteiger charge is 2.37. The number of hydroxylamine groups is 1. The van der Waals surface area contributed by atoms with Gasteiger partial charge in [0.15, 0.2) is 0 Å². The fourth-order valence-electron chi connectivity index (χ4n) is 2.81. The van der Waals surface area contributed by atoms with Gasteiger partial charge in [0.05, 0.1) is 19.6 Å². The lowest BCUT2D eigenvalue weighted by molar-refractivity contribution is -0.137. The van der Waals surface area contributed by atoms with Crippen LogP contribution in [-0.4, -0.2) is 25.0 Å². The number of ether oxygens (including phenoxy) is 1. The van der Waals surface area contributed by atoms with Crippen LogP contribution < -0.4 is 15.5 Å². The van der Waals surface area contributed by atoms with Crippen molar-refractivity contribution in [3.8, 4) is 5.75 Å². The van der Waals surface area contributed by atoms with Gasteiger partial charge in [0, 0.05) is 0 Å². The molecule has 2 atom stereocenters. The molecule has 1 fully saturated rings. The second-order valence-electron chi connectivity index (χ2n) is 5.86. The Labute approximate surface area is 146 Å². The van der Waals surface area contributed by atoms with Crippen LogP contribution in [0.5, 0.6) is 5.75 Å². The second kappa shape index (κ2) is 7.81. The highest BCUT2D eigenvalue weighted by molar-refractivity contribution is 5.94. The molecule has 6 nitrogen and oxygen atoms in total. The SMILES string of the molecule is COc1ccc([C@@H]2C[C@H](C(=O)NOCc3ccccc3)NC2=O)cc1. The van der Waals surface area contributed by atoms with Gasteiger partial charge < -0.3 is 10.1 Å². The van der Waals surface area contributed by atoms with Crippen LogP contribution >= 0.6 is 0 Å². The Hall–Kier alpha value is -2.86. The first kappa shape index (κ1) is 17.0. The minimum atomic E-state index is -0.602. The van der Waals surface area contributed by atoms with Crippen LogP contribution in [0.3, 0.4) is 0 Å². The molecular weight excluding hydrogens is 320 g/mol. The van der Waals surface area contributed by atoms with Crippen LogP contribution in [0, 0.1) is 0 Å². The van der Waals surface area contributed by atoms with Crippen molar-refractivity contribution < 1.29 is 19.2 Å². The number of amides is 2. The second-order valence-corrected chi connectivity index (χ2v) is 5.86. The summed E-state index contributed by atoms with van der Waals surface area (Å²) in [5, 5.41) is 2.72. The van der Waals surface area contributed by atoms with E-state index in [9.17, 15) is 9.59 Å². The fraction of sp³-hybridized carbons (Fsp3) is 0.263. The molecule has 2 aromatic rings. The lowest BCUT2D eigenvalue weighted by Crippen LogP contribution is -2.41. The summed E-state index contributed by atoms with van der Waals surface area (Å²) in [5.74, 6) is -0.129. The average Bonchev–Trinajstić information content (AvgIpc) is 3.04. The summed E-state index contributed by atoms with van der Waals surface area (Å²) in [5.41, 5.74) is 4.22. The van der Waals surface area contributed by atoms with Crippen LogP contribution in [0.15, 0.2) is 54.6 Å². The van der Waals surface area contributed by atoms with E-state index in [4.69, 9.17) is 9.57 Å². The summed E-state index contributed by atoms with van der Waals surface area (Å²) in [7, 11) is 1.59. The molecule has 1 aliphatic rings. The smallest absolute Gasteiger partial charge is 0.266 e. The van der Waals surface area contributed by atoms with Gasteiger partial charge in [-0.05, 0) is 29.7 Å². The molecular formula is C19H20N2O4. The topological polar surface area (TPSA) is 76.7 Å². The first-order chi connectivity index (χ1) is 12.2. The predicted octanol–water partition coefficient (Wildman–Crippen LogP) is 1.92. The molecule has 3 rings (SSSR count). The standard InChI is InChI=1S/C19H20N2O4/c1-24-15-9-7-14(8-10-15)16-11-17(20-18(16)22)19(23)21-25-12-13-5-3-2-4-6-13/h2-10,16-17H,11-12H2,1H3,(H,20,22)(H,21,23)/t16-,17+/m0/s1. The van der Waals surface area contributed by atoms with E-state index < -0.39 is 6.04 Å². The van der Waals surface area contributed by atoms with Gasteiger partial charge in [0.1, 0.15) is 11.8 Å². The molecule has 25 heavy (non-hydrogen) atoms. The molecule has 0 aromatic heterocycles. The minimum Gasteiger partial charge on any atom is -0.497 e. The van der Waals surface area contributed by atoms with Crippen LogP contribution in [0.1, 0.15) is 23.5 Å². The summed E-state index contributed by atoms with van der Waals surface area (Å²) >= 11 is 0. The largest absolute Gasteiger partial charge is 0.497 e. The Balaban J connectivity index is 1.53. The van der Waals surface area contributed by atoms with E-state index in [1.165, 1.54) is 0 Å². The molecule has 6 heteroatoms. The van der Waals surface area contributed by atoms with Crippen molar-refractivity contribution in [1.29, 1.82) is 0 Å². The number of carbonyl (C=O) groups excluding carboxylic acids is 2. The number of hydrogen-bond acceptors (Lipinski definition) is 4. The lowest BCUT2D eigenvalue weighted by atomic mass is 9.95. The average molecular weight is 340 g/mol. The van der Waals surface area contributed by atoms with Crippen LogP contribution in [0.2, 0.25) is 0 Å².